The Kier molecular flexibility index (Phi) is 4.55. The van der Waals surface area contributed by atoms with Gasteiger partial charge < -0.3 is 14.5 Å². The monoisotopic (exact) mass is 294 g/mol. The molecule has 1 fully saturated rings. The van der Waals surface area contributed by atoms with Crippen LogP contribution in [0.15, 0.2) is 22.8 Å². The Labute approximate surface area is 124 Å². The van der Waals surface area contributed by atoms with Crippen molar-refractivity contribution in [1.29, 1.82) is 0 Å². The number of ether oxygens (including phenoxy) is 1. The second kappa shape index (κ2) is 6.20. The van der Waals surface area contributed by atoms with E-state index in [0.717, 1.165) is 6.42 Å². The molecule has 0 bridgehead atoms. The first kappa shape index (κ1) is 15.4. The number of nitrogens with zero attached hydrogens (tertiary/aromatic N) is 1. The van der Waals surface area contributed by atoms with Crippen molar-refractivity contribution in [1.82, 2.24) is 10.2 Å². The number of hydrogen-bond acceptors (Lipinski definition) is 4. The average molecular weight is 294 g/mol. The van der Waals surface area contributed by atoms with E-state index in [1.165, 1.54) is 4.90 Å². The second-order valence-electron chi connectivity index (χ2n) is 6.13. The van der Waals surface area contributed by atoms with Crippen LogP contribution in [-0.2, 0) is 16.1 Å². The summed E-state index contributed by atoms with van der Waals surface area (Å²) in [6, 6.07) is 3.10. The van der Waals surface area contributed by atoms with E-state index in [1.54, 1.807) is 18.4 Å². The smallest absolute Gasteiger partial charge is 0.410 e. The van der Waals surface area contributed by atoms with E-state index in [0.29, 0.717) is 25.3 Å². The average Bonchev–Trinajstić information content (AvgIpc) is 3.05. The Morgan fingerprint density at radius 1 is 1.48 bits per heavy atom. The Morgan fingerprint density at radius 3 is 2.86 bits per heavy atom. The van der Waals surface area contributed by atoms with Gasteiger partial charge in [-0.15, -0.1) is 0 Å². The van der Waals surface area contributed by atoms with E-state index in [4.69, 9.17) is 9.15 Å². The zero-order chi connectivity index (χ0) is 15.5. The SMILES string of the molecule is CC(C)(C)OC(=O)N1CCC[C@H]1C(=O)NCc1ccco1. The van der Waals surface area contributed by atoms with E-state index in [-0.39, 0.29) is 5.91 Å². The van der Waals surface area contributed by atoms with Gasteiger partial charge in [0.15, 0.2) is 0 Å². The zero-order valence-electron chi connectivity index (χ0n) is 12.7. The van der Waals surface area contributed by atoms with Crippen molar-refractivity contribution in [2.45, 2.75) is 51.8 Å². The number of nitrogens with one attached hydrogen (secondary N) is 1. The maximum Gasteiger partial charge on any atom is 0.410 e. The molecule has 1 aliphatic rings. The molecule has 1 aliphatic heterocycles. The quantitative estimate of drug-likeness (QED) is 0.928. The summed E-state index contributed by atoms with van der Waals surface area (Å²) in [6.07, 6.45) is 2.59. The number of amides is 2. The lowest BCUT2D eigenvalue weighted by Crippen LogP contribution is -2.47. The van der Waals surface area contributed by atoms with Crippen LogP contribution in [-0.4, -0.2) is 35.1 Å². The first-order valence-corrected chi connectivity index (χ1v) is 7.16. The zero-order valence-corrected chi connectivity index (χ0v) is 12.7. The molecule has 2 heterocycles. The molecular formula is C15H22N2O4. The molecule has 1 saturated heterocycles. The van der Waals surface area contributed by atoms with Gasteiger partial charge in [-0.3, -0.25) is 9.69 Å². The number of carbonyl (C=O) groups excluding carboxylic acids is 2. The minimum absolute atomic E-state index is 0.172. The molecule has 1 atom stereocenters. The molecule has 116 valence electrons. The molecule has 0 spiro atoms. The van der Waals surface area contributed by atoms with Crippen molar-refractivity contribution in [3.63, 3.8) is 0 Å². The van der Waals surface area contributed by atoms with Gasteiger partial charge in [-0.05, 0) is 45.7 Å². The van der Waals surface area contributed by atoms with Gasteiger partial charge in [-0.2, -0.15) is 0 Å². The van der Waals surface area contributed by atoms with Crippen LogP contribution in [0.4, 0.5) is 4.79 Å². The van der Waals surface area contributed by atoms with Crippen LogP contribution in [0.3, 0.4) is 0 Å². The topological polar surface area (TPSA) is 71.8 Å². The van der Waals surface area contributed by atoms with Crippen LogP contribution in [0.1, 0.15) is 39.4 Å². The lowest BCUT2D eigenvalue weighted by Gasteiger charge is -2.27. The van der Waals surface area contributed by atoms with Crippen molar-refractivity contribution in [3.8, 4) is 0 Å². The van der Waals surface area contributed by atoms with Gasteiger partial charge in [0.2, 0.25) is 5.91 Å². The van der Waals surface area contributed by atoms with Gasteiger partial charge in [0.1, 0.15) is 17.4 Å². The fraction of sp³-hybridized carbons (Fsp3) is 0.600. The first-order chi connectivity index (χ1) is 9.87. The highest BCUT2D eigenvalue weighted by molar-refractivity contribution is 5.86. The van der Waals surface area contributed by atoms with Gasteiger partial charge in [0.05, 0.1) is 12.8 Å². The fourth-order valence-corrected chi connectivity index (χ4v) is 2.28. The molecule has 0 saturated carbocycles. The molecule has 2 amide bonds. The van der Waals surface area contributed by atoms with Gasteiger partial charge in [-0.25, -0.2) is 4.79 Å². The minimum atomic E-state index is -0.561. The highest BCUT2D eigenvalue weighted by atomic mass is 16.6. The number of rotatable bonds is 3. The van der Waals surface area contributed by atoms with Crippen LogP contribution >= 0.6 is 0 Å². The molecule has 0 aromatic carbocycles. The number of carbonyl (C=O) groups is 2. The second-order valence-corrected chi connectivity index (χ2v) is 6.13. The largest absolute Gasteiger partial charge is 0.467 e. The van der Waals surface area contributed by atoms with E-state index < -0.39 is 17.7 Å². The summed E-state index contributed by atoms with van der Waals surface area (Å²) < 4.78 is 10.5. The molecule has 0 radical (unpaired) electrons. The number of hydrogen-bond donors (Lipinski definition) is 1. The highest BCUT2D eigenvalue weighted by Crippen LogP contribution is 2.21. The van der Waals surface area contributed by atoms with E-state index >= 15 is 0 Å². The highest BCUT2D eigenvalue weighted by Gasteiger charge is 2.36. The first-order valence-electron chi connectivity index (χ1n) is 7.16. The Hall–Kier alpha value is -1.98. The molecule has 1 aromatic heterocycles. The summed E-state index contributed by atoms with van der Waals surface area (Å²) in [5, 5.41) is 2.79. The molecule has 2 rings (SSSR count). The Bertz CT molecular complexity index is 490. The van der Waals surface area contributed by atoms with Crippen molar-refractivity contribution < 1.29 is 18.7 Å². The van der Waals surface area contributed by atoms with Gasteiger partial charge >= 0.3 is 6.09 Å². The van der Waals surface area contributed by atoms with E-state index in [1.807, 2.05) is 20.8 Å². The lowest BCUT2D eigenvalue weighted by atomic mass is 10.2. The Morgan fingerprint density at radius 2 is 2.24 bits per heavy atom. The minimum Gasteiger partial charge on any atom is -0.467 e. The maximum atomic E-state index is 12.2. The third-order valence-electron chi connectivity index (χ3n) is 3.20. The molecule has 1 N–H and O–H groups in total. The van der Waals surface area contributed by atoms with Crippen molar-refractivity contribution >= 4 is 12.0 Å². The normalized spacial score (nSPS) is 18.6. The van der Waals surface area contributed by atoms with Crippen molar-refractivity contribution in [2.24, 2.45) is 0 Å². The molecule has 6 nitrogen and oxygen atoms in total. The summed E-state index contributed by atoms with van der Waals surface area (Å²) in [5.74, 6) is 0.514. The molecule has 6 heteroatoms. The van der Waals surface area contributed by atoms with Crippen molar-refractivity contribution in [2.75, 3.05) is 6.54 Å². The van der Waals surface area contributed by atoms with Crippen LogP contribution in [0.5, 0.6) is 0 Å². The molecule has 0 unspecified atom stereocenters. The van der Waals surface area contributed by atoms with Crippen LogP contribution < -0.4 is 5.32 Å². The van der Waals surface area contributed by atoms with E-state index in [2.05, 4.69) is 5.32 Å². The van der Waals surface area contributed by atoms with Crippen LogP contribution in [0, 0.1) is 0 Å². The maximum absolute atomic E-state index is 12.2. The summed E-state index contributed by atoms with van der Waals surface area (Å²) in [6.45, 7) is 6.31. The fourth-order valence-electron chi connectivity index (χ4n) is 2.28. The van der Waals surface area contributed by atoms with E-state index in [9.17, 15) is 9.59 Å². The van der Waals surface area contributed by atoms with Gasteiger partial charge in [-0.1, -0.05) is 0 Å². The molecule has 1 aromatic rings. The van der Waals surface area contributed by atoms with Gasteiger partial charge in [0.25, 0.3) is 0 Å². The Balaban J connectivity index is 1.91. The summed E-state index contributed by atoms with van der Waals surface area (Å²) in [5.41, 5.74) is -0.561. The third-order valence-corrected chi connectivity index (χ3v) is 3.20. The summed E-state index contributed by atoms with van der Waals surface area (Å²) in [7, 11) is 0. The summed E-state index contributed by atoms with van der Waals surface area (Å²) >= 11 is 0. The van der Waals surface area contributed by atoms with Gasteiger partial charge in [0, 0.05) is 6.54 Å². The molecular weight excluding hydrogens is 272 g/mol. The van der Waals surface area contributed by atoms with Crippen molar-refractivity contribution in [3.05, 3.63) is 24.2 Å². The molecule has 0 aliphatic carbocycles. The standard InChI is InChI=1S/C15H22N2O4/c1-15(2,3)21-14(19)17-8-4-7-12(17)13(18)16-10-11-6-5-9-20-11/h5-6,9,12H,4,7-8,10H2,1-3H3,(H,16,18)/t12-/m0/s1. The predicted octanol–water partition coefficient (Wildman–Crippen LogP) is 2.30. The van der Waals surface area contributed by atoms with Crippen LogP contribution in [0.25, 0.3) is 0 Å². The van der Waals surface area contributed by atoms with Crippen LogP contribution in [0.2, 0.25) is 0 Å². The lowest BCUT2D eigenvalue weighted by molar-refractivity contribution is -0.125. The number of likely N-dealkylation sites (tertiary alicyclic amines) is 1. The number of furan rings is 1. The predicted molar refractivity (Wildman–Crippen MR) is 76.5 cm³/mol. The third kappa shape index (κ3) is 4.24. The molecule has 21 heavy (non-hydrogen) atoms. The summed E-state index contributed by atoms with van der Waals surface area (Å²) in [4.78, 5) is 25.8.